The fraction of sp³-hybridized carbons (Fsp3) is 0.579. The fourth-order valence-corrected chi connectivity index (χ4v) is 5.90. The van der Waals surface area contributed by atoms with Crippen LogP contribution in [0.25, 0.3) is 9.88 Å². The van der Waals surface area contributed by atoms with E-state index in [1.165, 1.54) is 41.9 Å². The van der Waals surface area contributed by atoms with Crippen molar-refractivity contribution in [2.24, 2.45) is 0 Å². The van der Waals surface area contributed by atoms with Gasteiger partial charge in [0.2, 0.25) is 0 Å². The molecule has 27 heavy (non-hydrogen) atoms. The van der Waals surface area contributed by atoms with Crippen LogP contribution in [-0.2, 0) is 4.74 Å². The highest BCUT2D eigenvalue weighted by atomic mass is 35.5. The Hall–Kier alpha value is -0.990. The maximum Gasteiger partial charge on any atom is 0.270 e. The number of carbonyl (C=O) groups is 1. The van der Waals surface area contributed by atoms with Crippen molar-refractivity contribution in [1.29, 1.82) is 0 Å². The SMILES string of the molecule is O=C(NCC1(N2CCCCC2)CCOCC1)c1csc(-c2ccc(Cl)s2)n1. The van der Waals surface area contributed by atoms with Gasteiger partial charge in [-0.1, -0.05) is 18.0 Å². The molecule has 2 aromatic heterocycles. The van der Waals surface area contributed by atoms with Crippen molar-refractivity contribution in [3.8, 4) is 9.88 Å². The largest absolute Gasteiger partial charge is 0.381 e. The van der Waals surface area contributed by atoms with Crippen LogP contribution in [0, 0.1) is 0 Å². The van der Waals surface area contributed by atoms with Crippen LogP contribution in [0.15, 0.2) is 17.5 Å². The van der Waals surface area contributed by atoms with Gasteiger partial charge >= 0.3 is 0 Å². The molecule has 2 aliphatic rings. The summed E-state index contributed by atoms with van der Waals surface area (Å²) in [5, 5.41) is 5.83. The second-order valence-electron chi connectivity index (χ2n) is 7.21. The zero-order valence-electron chi connectivity index (χ0n) is 15.2. The number of nitrogens with one attached hydrogen (secondary N) is 1. The average molecular weight is 426 g/mol. The molecule has 0 unspecified atom stereocenters. The van der Waals surface area contributed by atoms with Gasteiger partial charge in [0.05, 0.1) is 9.21 Å². The highest BCUT2D eigenvalue weighted by Gasteiger charge is 2.39. The first-order valence-electron chi connectivity index (χ1n) is 9.49. The lowest BCUT2D eigenvalue weighted by molar-refractivity contribution is -0.0349. The number of aromatic nitrogens is 1. The van der Waals surface area contributed by atoms with Crippen LogP contribution in [0.5, 0.6) is 0 Å². The van der Waals surface area contributed by atoms with E-state index in [-0.39, 0.29) is 11.4 Å². The molecule has 0 aromatic carbocycles. The molecule has 0 saturated carbocycles. The topological polar surface area (TPSA) is 54.5 Å². The van der Waals surface area contributed by atoms with Gasteiger partial charge in [-0.3, -0.25) is 9.69 Å². The molecule has 4 rings (SSSR count). The zero-order chi connectivity index (χ0) is 18.7. The molecule has 0 atom stereocenters. The third-order valence-corrected chi connectivity index (χ3v) is 7.79. The van der Waals surface area contributed by atoms with E-state index in [1.807, 2.05) is 17.5 Å². The third-order valence-electron chi connectivity index (χ3n) is 5.55. The number of rotatable bonds is 5. The molecule has 1 N–H and O–H groups in total. The molecule has 5 nitrogen and oxygen atoms in total. The number of nitrogens with zero attached hydrogens (tertiary/aromatic N) is 2. The molecule has 2 aromatic rings. The fourth-order valence-electron chi connectivity index (χ4n) is 3.98. The Morgan fingerprint density at radius 2 is 2.04 bits per heavy atom. The minimum Gasteiger partial charge on any atom is -0.381 e. The summed E-state index contributed by atoms with van der Waals surface area (Å²) in [6, 6.07) is 3.80. The first kappa shape index (κ1) is 19.3. The van der Waals surface area contributed by atoms with Crippen molar-refractivity contribution in [1.82, 2.24) is 15.2 Å². The quantitative estimate of drug-likeness (QED) is 0.776. The summed E-state index contributed by atoms with van der Waals surface area (Å²) in [6.45, 7) is 4.44. The summed E-state index contributed by atoms with van der Waals surface area (Å²) in [7, 11) is 0. The summed E-state index contributed by atoms with van der Waals surface area (Å²) in [6.07, 6.45) is 5.75. The van der Waals surface area contributed by atoms with Crippen LogP contribution < -0.4 is 5.32 Å². The van der Waals surface area contributed by atoms with E-state index in [9.17, 15) is 4.79 Å². The number of hydrogen-bond acceptors (Lipinski definition) is 6. The van der Waals surface area contributed by atoms with E-state index in [2.05, 4.69) is 15.2 Å². The molecule has 2 fully saturated rings. The summed E-state index contributed by atoms with van der Waals surface area (Å²) in [5.74, 6) is -0.0944. The van der Waals surface area contributed by atoms with E-state index < -0.39 is 0 Å². The van der Waals surface area contributed by atoms with E-state index in [1.54, 1.807) is 0 Å². The molecular formula is C19H24ClN3O2S2. The normalized spacial score (nSPS) is 20.5. The predicted molar refractivity (Wildman–Crippen MR) is 111 cm³/mol. The highest BCUT2D eigenvalue weighted by Crippen LogP contribution is 2.33. The number of hydrogen-bond donors (Lipinski definition) is 1. The molecule has 8 heteroatoms. The number of likely N-dealkylation sites (tertiary alicyclic amines) is 1. The lowest BCUT2D eigenvalue weighted by Gasteiger charge is -2.48. The first-order chi connectivity index (χ1) is 13.2. The average Bonchev–Trinajstić information content (AvgIpc) is 3.37. The van der Waals surface area contributed by atoms with Crippen molar-refractivity contribution >= 4 is 40.2 Å². The number of ether oxygens (including phenoxy) is 1. The summed E-state index contributed by atoms with van der Waals surface area (Å²) < 4.78 is 6.33. The number of piperidine rings is 1. The summed E-state index contributed by atoms with van der Waals surface area (Å²) in [4.78, 5) is 20.8. The molecule has 0 radical (unpaired) electrons. The standard InChI is InChI=1S/C19H24ClN3O2S2/c20-16-5-4-15(27-16)18-22-14(12-26-18)17(24)21-13-19(6-10-25-11-7-19)23-8-2-1-3-9-23/h4-5,12H,1-3,6-11,13H2,(H,21,24). The van der Waals surface area contributed by atoms with Crippen LogP contribution in [0.4, 0.5) is 0 Å². The van der Waals surface area contributed by atoms with Gasteiger partial charge < -0.3 is 10.1 Å². The third kappa shape index (κ3) is 4.38. The maximum absolute atomic E-state index is 12.7. The zero-order valence-corrected chi connectivity index (χ0v) is 17.6. The Bertz CT molecular complexity index is 780. The second-order valence-corrected chi connectivity index (χ2v) is 9.78. The molecule has 4 heterocycles. The van der Waals surface area contributed by atoms with E-state index in [0.29, 0.717) is 12.2 Å². The number of thiazole rings is 1. The van der Waals surface area contributed by atoms with Gasteiger partial charge in [-0.05, 0) is 50.9 Å². The van der Waals surface area contributed by atoms with Gasteiger partial charge in [0.25, 0.3) is 5.91 Å². The lowest BCUT2D eigenvalue weighted by Crippen LogP contribution is -2.59. The number of halogens is 1. The van der Waals surface area contributed by atoms with Crippen LogP contribution in [0.2, 0.25) is 4.34 Å². The predicted octanol–water partition coefficient (Wildman–Crippen LogP) is 4.29. The van der Waals surface area contributed by atoms with Crippen LogP contribution in [0.1, 0.15) is 42.6 Å². The van der Waals surface area contributed by atoms with Gasteiger partial charge in [0, 0.05) is 30.7 Å². The Labute approximate surface area is 172 Å². The van der Waals surface area contributed by atoms with Crippen LogP contribution >= 0.6 is 34.3 Å². The Balaban J connectivity index is 1.43. The molecule has 0 spiro atoms. The van der Waals surface area contributed by atoms with Crippen LogP contribution in [-0.4, -0.2) is 54.2 Å². The minimum absolute atomic E-state index is 0.0223. The van der Waals surface area contributed by atoms with Crippen LogP contribution in [0.3, 0.4) is 0 Å². The maximum atomic E-state index is 12.7. The summed E-state index contributed by atoms with van der Waals surface area (Å²) in [5.41, 5.74) is 0.509. The minimum atomic E-state index is -0.0944. The summed E-state index contributed by atoms with van der Waals surface area (Å²) >= 11 is 8.97. The second kappa shape index (κ2) is 8.57. The van der Waals surface area contributed by atoms with Gasteiger partial charge in [0.15, 0.2) is 0 Å². The van der Waals surface area contributed by atoms with E-state index in [4.69, 9.17) is 16.3 Å². The van der Waals surface area contributed by atoms with Crippen molar-refractivity contribution in [2.75, 3.05) is 32.8 Å². The van der Waals surface area contributed by atoms with Crippen molar-refractivity contribution in [2.45, 2.75) is 37.6 Å². The van der Waals surface area contributed by atoms with Gasteiger partial charge in [-0.15, -0.1) is 22.7 Å². The molecule has 146 valence electrons. The van der Waals surface area contributed by atoms with Gasteiger partial charge in [-0.2, -0.15) is 0 Å². The highest BCUT2D eigenvalue weighted by molar-refractivity contribution is 7.23. The van der Waals surface area contributed by atoms with E-state index >= 15 is 0 Å². The van der Waals surface area contributed by atoms with Gasteiger partial charge in [0.1, 0.15) is 10.7 Å². The van der Waals surface area contributed by atoms with Crippen molar-refractivity contribution in [3.63, 3.8) is 0 Å². The molecule has 0 bridgehead atoms. The van der Waals surface area contributed by atoms with Crippen molar-refractivity contribution in [3.05, 3.63) is 27.5 Å². The number of amides is 1. The molecule has 0 aliphatic carbocycles. The molecule has 2 aliphatic heterocycles. The Morgan fingerprint density at radius 1 is 1.26 bits per heavy atom. The number of carbonyl (C=O) groups excluding carboxylic acids is 1. The number of thiophene rings is 1. The van der Waals surface area contributed by atoms with Crippen molar-refractivity contribution < 1.29 is 9.53 Å². The monoisotopic (exact) mass is 425 g/mol. The lowest BCUT2D eigenvalue weighted by atomic mass is 9.86. The van der Waals surface area contributed by atoms with E-state index in [0.717, 1.165) is 53.4 Å². The smallest absolute Gasteiger partial charge is 0.270 e. The first-order valence-corrected chi connectivity index (χ1v) is 11.6. The molecule has 2 saturated heterocycles. The Morgan fingerprint density at radius 3 is 2.74 bits per heavy atom. The molecule has 1 amide bonds. The Kier molecular flexibility index (Phi) is 6.14. The molecular weight excluding hydrogens is 402 g/mol. The van der Waals surface area contributed by atoms with Gasteiger partial charge in [-0.25, -0.2) is 4.98 Å².